The van der Waals surface area contributed by atoms with Gasteiger partial charge in [0.15, 0.2) is 10.9 Å². The van der Waals surface area contributed by atoms with Gasteiger partial charge in [-0.1, -0.05) is 60.7 Å². The van der Waals surface area contributed by atoms with E-state index in [4.69, 9.17) is 0 Å². The van der Waals surface area contributed by atoms with E-state index in [1.54, 1.807) is 0 Å². The molecule has 4 heteroatoms. The van der Waals surface area contributed by atoms with E-state index in [1.807, 2.05) is 60.7 Å². The SMILES string of the molecule is O=c1c2cccc3c4cccc5c(=O)c6c7c(cc1c6n(c23)c54)c1ccccc1n7-c1ccccc1. The summed E-state index contributed by atoms with van der Waals surface area (Å²) >= 11 is 0. The van der Waals surface area contributed by atoms with Gasteiger partial charge in [0.1, 0.15) is 0 Å². The molecule has 0 bridgehead atoms. The highest BCUT2D eigenvalue weighted by Crippen LogP contribution is 2.42. The maximum absolute atomic E-state index is 14.4. The zero-order chi connectivity index (χ0) is 23.7. The molecule has 9 rings (SSSR count). The Morgan fingerprint density at radius 1 is 0.444 bits per heavy atom. The number of hydrogen-bond acceptors (Lipinski definition) is 2. The van der Waals surface area contributed by atoms with Gasteiger partial charge >= 0.3 is 0 Å². The summed E-state index contributed by atoms with van der Waals surface area (Å²) in [7, 11) is 0. The highest BCUT2D eigenvalue weighted by molar-refractivity contribution is 6.29. The number of para-hydroxylation sites is 4. The van der Waals surface area contributed by atoms with Gasteiger partial charge in [-0.15, -0.1) is 0 Å². The van der Waals surface area contributed by atoms with Crippen LogP contribution in [0.2, 0.25) is 0 Å². The fourth-order valence-corrected chi connectivity index (χ4v) is 6.57. The summed E-state index contributed by atoms with van der Waals surface area (Å²) in [6, 6.07) is 32.1. The standard InChI is InChI=1S/C32H16N2O2/c35-31-21-13-6-11-19-20-12-7-14-22-28(20)34(27(19)21)30-24(31)16-23-18-10-4-5-15-25(18)33(17-8-2-1-3-9-17)29(23)26(30)32(22)36/h1-16H. The maximum atomic E-state index is 14.4. The molecule has 9 aromatic rings. The molecule has 5 aromatic carbocycles. The van der Waals surface area contributed by atoms with Gasteiger partial charge in [-0.3, -0.25) is 9.59 Å². The van der Waals surface area contributed by atoms with Crippen LogP contribution in [0, 0.1) is 0 Å². The van der Waals surface area contributed by atoms with Crippen LogP contribution in [0.1, 0.15) is 0 Å². The Balaban J connectivity index is 1.74. The Morgan fingerprint density at radius 3 is 1.81 bits per heavy atom. The van der Waals surface area contributed by atoms with Crippen LogP contribution in [-0.4, -0.2) is 8.97 Å². The number of pyridine rings is 2. The van der Waals surface area contributed by atoms with Crippen molar-refractivity contribution < 1.29 is 0 Å². The molecule has 0 fully saturated rings. The summed E-state index contributed by atoms with van der Waals surface area (Å²) in [5.41, 5.74) is 5.29. The van der Waals surface area contributed by atoms with Gasteiger partial charge in [0, 0.05) is 43.4 Å². The molecule has 0 aliphatic carbocycles. The minimum atomic E-state index is -0.0333. The van der Waals surface area contributed by atoms with Crippen LogP contribution in [0.5, 0.6) is 0 Å². The van der Waals surface area contributed by atoms with Crippen LogP contribution in [0.4, 0.5) is 0 Å². The van der Waals surface area contributed by atoms with E-state index in [-0.39, 0.29) is 10.9 Å². The van der Waals surface area contributed by atoms with Crippen LogP contribution < -0.4 is 10.9 Å². The Morgan fingerprint density at radius 2 is 1.06 bits per heavy atom. The van der Waals surface area contributed by atoms with Crippen molar-refractivity contribution in [2.24, 2.45) is 0 Å². The summed E-state index contributed by atoms with van der Waals surface area (Å²) in [5, 5.41) is 6.52. The Hall–Kier alpha value is -4.96. The summed E-state index contributed by atoms with van der Waals surface area (Å²) in [4.78, 5) is 28.4. The molecule has 0 saturated heterocycles. The molecule has 4 heterocycles. The van der Waals surface area contributed by atoms with Crippen molar-refractivity contribution in [1.82, 2.24) is 8.97 Å². The largest absolute Gasteiger partial charge is 0.308 e. The van der Waals surface area contributed by atoms with E-state index in [9.17, 15) is 9.59 Å². The first kappa shape index (κ1) is 18.4. The maximum Gasteiger partial charge on any atom is 0.199 e. The van der Waals surface area contributed by atoms with Gasteiger partial charge in [-0.05, 0) is 36.4 Å². The normalized spacial score (nSPS) is 12.7. The number of fused-ring (bicyclic) bond motifs is 5. The highest BCUT2D eigenvalue weighted by atomic mass is 16.1. The third-order valence-electron chi connectivity index (χ3n) is 7.94. The molecule has 0 saturated carbocycles. The summed E-state index contributed by atoms with van der Waals surface area (Å²) < 4.78 is 4.35. The molecule has 166 valence electrons. The van der Waals surface area contributed by atoms with Crippen molar-refractivity contribution in [3.8, 4) is 5.69 Å². The first-order chi connectivity index (χ1) is 17.7. The zero-order valence-corrected chi connectivity index (χ0v) is 18.9. The second kappa shape index (κ2) is 5.99. The lowest BCUT2D eigenvalue weighted by Gasteiger charge is -2.14. The topological polar surface area (TPSA) is 43.5 Å². The predicted molar refractivity (Wildman–Crippen MR) is 148 cm³/mol. The third-order valence-corrected chi connectivity index (χ3v) is 7.94. The van der Waals surface area contributed by atoms with E-state index >= 15 is 0 Å². The van der Waals surface area contributed by atoms with E-state index in [0.717, 1.165) is 54.8 Å². The van der Waals surface area contributed by atoms with Crippen LogP contribution in [0.3, 0.4) is 0 Å². The Bertz CT molecular complexity index is 2420. The van der Waals surface area contributed by atoms with E-state index in [0.29, 0.717) is 21.5 Å². The van der Waals surface area contributed by atoms with Crippen molar-refractivity contribution in [2.75, 3.05) is 0 Å². The van der Waals surface area contributed by atoms with Crippen LogP contribution >= 0.6 is 0 Å². The lowest BCUT2D eigenvalue weighted by atomic mass is 10.0. The quantitative estimate of drug-likeness (QED) is 0.203. The van der Waals surface area contributed by atoms with Gasteiger partial charge < -0.3 is 8.97 Å². The van der Waals surface area contributed by atoms with Crippen molar-refractivity contribution in [3.05, 3.63) is 118 Å². The van der Waals surface area contributed by atoms with Crippen LogP contribution in [-0.2, 0) is 0 Å². The molecule has 36 heavy (non-hydrogen) atoms. The summed E-state index contributed by atoms with van der Waals surface area (Å²) in [5.74, 6) is 0. The van der Waals surface area contributed by atoms with E-state index in [2.05, 4.69) is 45.4 Å². The molecule has 0 aliphatic heterocycles. The monoisotopic (exact) mass is 460 g/mol. The van der Waals surface area contributed by atoms with E-state index in [1.165, 1.54) is 0 Å². The zero-order valence-electron chi connectivity index (χ0n) is 18.9. The molecule has 0 N–H and O–H groups in total. The molecular formula is C32H16N2O2. The van der Waals surface area contributed by atoms with Gasteiger partial charge in [0.25, 0.3) is 0 Å². The molecule has 4 nitrogen and oxygen atoms in total. The lowest BCUT2D eigenvalue weighted by molar-refractivity contribution is 1.18. The van der Waals surface area contributed by atoms with Crippen molar-refractivity contribution in [3.63, 3.8) is 0 Å². The molecule has 0 unspecified atom stereocenters. The van der Waals surface area contributed by atoms with Gasteiger partial charge in [-0.25, -0.2) is 0 Å². The molecule has 0 radical (unpaired) electrons. The number of nitrogens with zero attached hydrogens (tertiary/aromatic N) is 2. The minimum Gasteiger partial charge on any atom is -0.308 e. The Kier molecular flexibility index (Phi) is 3.06. The molecule has 0 aliphatic rings. The van der Waals surface area contributed by atoms with Gasteiger partial charge in [0.05, 0.1) is 33.0 Å². The summed E-state index contributed by atoms with van der Waals surface area (Å²) in [6.07, 6.45) is 0. The third kappa shape index (κ3) is 1.89. The molecule has 0 atom stereocenters. The van der Waals surface area contributed by atoms with Gasteiger partial charge in [0.2, 0.25) is 0 Å². The first-order valence-corrected chi connectivity index (χ1v) is 12.1. The predicted octanol–water partition coefficient (Wildman–Crippen LogP) is 6.68. The van der Waals surface area contributed by atoms with Gasteiger partial charge in [-0.2, -0.15) is 0 Å². The Labute approximate surface area is 202 Å². The van der Waals surface area contributed by atoms with Crippen molar-refractivity contribution in [2.45, 2.75) is 0 Å². The fourth-order valence-electron chi connectivity index (χ4n) is 6.57. The molecule has 0 amide bonds. The lowest BCUT2D eigenvalue weighted by Crippen LogP contribution is -2.14. The van der Waals surface area contributed by atoms with Crippen LogP contribution in [0.25, 0.3) is 76.4 Å². The average Bonchev–Trinajstić information content (AvgIpc) is 3.44. The van der Waals surface area contributed by atoms with Crippen molar-refractivity contribution >= 4 is 70.7 Å². The molecule has 0 spiro atoms. The summed E-state index contributed by atoms with van der Waals surface area (Å²) in [6.45, 7) is 0. The fraction of sp³-hybridized carbons (Fsp3) is 0. The number of rotatable bonds is 1. The number of hydrogen-bond donors (Lipinski definition) is 0. The second-order valence-electron chi connectivity index (χ2n) is 9.63. The first-order valence-electron chi connectivity index (χ1n) is 12.1. The highest BCUT2D eigenvalue weighted by Gasteiger charge is 2.26. The number of benzene rings is 5. The minimum absolute atomic E-state index is 0.0261. The van der Waals surface area contributed by atoms with Crippen molar-refractivity contribution in [1.29, 1.82) is 0 Å². The molecule has 4 aromatic heterocycles. The second-order valence-corrected chi connectivity index (χ2v) is 9.63. The van der Waals surface area contributed by atoms with Crippen LogP contribution in [0.15, 0.2) is 107 Å². The van der Waals surface area contributed by atoms with E-state index < -0.39 is 0 Å². The number of aromatic nitrogens is 2. The smallest absolute Gasteiger partial charge is 0.199 e. The average molecular weight is 460 g/mol. The molecular weight excluding hydrogens is 444 g/mol.